The number of hydrogen-bond acceptors (Lipinski definition) is 2. The molecule has 0 saturated heterocycles. The molecule has 1 amide bonds. The van der Waals surface area contributed by atoms with E-state index in [9.17, 15) is 4.79 Å². The van der Waals surface area contributed by atoms with Crippen molar-refractivity contribution in [3.63, 3.8) is 0 Å². The Kier molecular flexibility index (Phi) is 7.06. The first-order valence-corrected chi connectivity index (χ1v) is 8.74. The van der Waals surface area contributed by atoms with Crippen LogP contribution in [-0.2, 0) is 4.74 Å². The van der Waals surface area contributed by atoms with Crippen LogP contribution < -0.4 is 0 Å². The molecule has 1 aliphatic carbocycles. The molecule has 0 atom stereocenters. The second-order valence-electron chi connectivity index (χ2n) is 6.50. The highest BCUT2D eigenvalue weighted by Crippen LogP contribution is 2.31. The van der Waals surface area contributed by atoms with Gasteiger partial charge in [0.15, 0.2) is 0 Å². The van der Waals surface area contributed by atoms with E-state index in [4.69, 9.17) is 4.74 Å². The van der Waals surface area contributed by atoms with Crippen molar-refractivity contribution in [2.75, 3.05) is 7.05 Å². The van der Waals surface area contributed by atoms with Crippen molar-refractivity contribution in [1.29, 1.82) is 0 Å². The van der Waals surface area contributed by atoms with Gasteiger partial charge < -0.3 is 9.64 Å². The molecule has 0 unspecified atom stereocenters. The van der Waals surface area contributed by atoms with E-state index in [1.54, 1.807) is 4.90 Å². The molecule has 1 aliphatic rings. The second kappa shape index (κ2) is 7.83. The molecular weight excluding hydrogens is 386 g/mol. The Morgan fingerprint density at radius 3 is 2.25 bits per heavy atom. The third-order valence-electron chi connectivity index (χ3n) is 3.65. The molecule has 0 N–H and O–H groups in total. The Labute approximate surface area is 139 Å². The second-order valence-corrected chi connectivity index (χ2v) is 9.27. The lowest BCUT2D eigenvalue weighted by Crippen LogP contribution is -2.42. The number of nitrogens with zero attached hydrogens (tertiary/aromatic N) is 1. The topological polar surface area (TPSA) is 29.5 Å². The standard InChI is InChI=1S/C15H25Br2NO2/c1-15(2,3)20-14(19)18(4)12-8-5-11(6-9-12)7-10-13(16)17/h10-12H,5-9H2,1-4H3/t11-,12-. The van der Waals surface area contributed by atoms with Gasteiger partial charge in [0.2, 0.25) is 0 Å². The van der Waals surface area contributed by atoms with Crippen molar-refractivity contribution in [2.24, 2.45) is 5.92 Å². The quantitative estimate of drug-likeness (QED) is 0.620. The maximum Gasteiger partial charge on any atom is 0.410 e. The van der Waals surface area contributed by atoms with Crippen LogP contribution >= 0.6 is 31.9 Å². The number of allylic oxidation sites excluding steroid dienone is 1. The summed E-state index contributed by atoms with van der Waals surface area (Å²) in [5, 5.41) is 0. The SMILES string of the molecule is CN(C(=O)OC(C)(C)C)[C@H]1CC[C@H](CC=C(Br)Br)CC1. The zero-order valence-corrected chi connectivity index (χ0v) is 16.0. The van der Waals surface area contributed by atoms with Gasteiger partial charge in [0.05, 0.1) is 3.39 Å². The van der Waals surface area contributed by atoms with Crippen LogP contribution in [0.1, 0.15) is 52.9 Å². The van der Waals surface area contributed by atoms with E-state index in [0.717, 1.165) is 28.6 Å². The van der Waals surface area contributed by atoms with Gasteiger partial charge in [-0.25, -0.2) is 4.79 Å². The Morgan fingerprint density at radius 2 is 1.80 bits per heavy atom. The predicted octanol–water partition coefficient (Wildman–Crippen LogP) is 5.43. The predicted molar refractivity (Wildman–Crippen MR) is 90.3 cm³/mol. The van der Waals surface area contributed by atoms with Gasteiger partial charge in [0.25, 0.3) is 0 Å². The molecule has 0 bridgehead atoms. The zero-order valence-electron chi connectivity index (χ0n) is 12.8. The molecule has 0 aromatic rings. The molecule has 1 fully saturated rings. The van der Waals surface area contributed by atoms with E-state index in [2.05, 4.69) is 37.9 Å². The highest BCUT2D eigenvalue weighted by molar-refractivity contribution is 9.28. The summed E-state index contributed by atoms with van der Waals surface area (Å²) in [4.78, 5) is 13.8. The van der Waals surface area contributed by atoms with Crippen molar-refractivity contribution >= 4 is 38.0 Å². The summed E-state index contributed by atoms with van der Waals surface area (Å²) < 4.78 is 6.45. The minimum atomic E-state index is -0.421. The first-order chi connectivity index (χ1) is 9.19. The van der Waals surface area contributed by atoms with Crippen LogP contribution in [0.3, 0.4) is 0 Å². The summed E-state index contributed by atoms with van der Waals surface area (Å²) in [6.07, 6.45) is 7.52. The normalized spacial score (nSPS) is 23.1. The van der Waals surface area contributed by atoms with Gasteiger partial charge in [-0.1, -0.05) is 6.08 Å². The van der Waals surface area contributed by atoms with Crippen LogP contribution in [0.25, 0.3) is 0 Å². The molecule has 0 radical (unpaired) electrons. The van der Waals surface area contributed by atoms with Crippen LogP contribution in [0, 0.1) is 5.92 Å². The van der Waals surface area contributed by atoms with Gasteiger partial charge in [0, 0.05) is 13.1 Å². The molecule has 5 heteroatoms. The van der Waals surface area contributed by atoms with Gasteiger partial charge in [-0.3, -0.25) is 0 Å². The third-order valence-corrected chi connectivity index (χ3v) is 4.30. The molecule has 1 rings (SSSR count). The van der Waals surface area contributed by atoms with Crippen LogP contribution in [0.4, 0.5) is 4.79 Å². The van der Waals surface area contributed by atoms with E-state index in [0.29, 0.717) is 6.04 Å². The van der Waals surface area contributed by atoms with Gasteiger partial charge in [0.1, 0.15) is 5.60 Å². The minimum absolute atomic E-state index is 0.205. The average Bonchev–Trinajstić information content (AvgIpc) is 2.34. The maximum absolute atomic E-state index is 12.0. The Hall–Kier alpha value is -0.0300. The van der Waals surface area contributed by atoms with Crippen molar-refractivity contribution in [2.45, 2.75) is 64.5 Å². The number of halogens is 2. The van der Waals surface area contributed by atoms with E-state index >= 15 is 0 Å². The Bertz CT molecular complexity index is 351. The summed E-state index contributed by atoms with van der Waals surface area (Å²) >= 11 is 6.78. The Morgan fingerprint density at radius 1 is 1.25 bits per heavy atom. The maximum atomic E-state index is 12.0. The third kappa shape index (κ3) is 6.61. The molecule has 3 nitrogen and oxygen atoms in total. The fourth-order valence-corrected chi connectivity index (χ4v) is 2.88. The van der Waals surface area contributed by atoms with Gasteiger partial charge in [-0.05, 0) is 90.7 Å². The number of carbonyl (C=O) groups excluding carboxylic acids is 1. The molecule has 20 heavy (non-hydrogen) atoms. The molecular formula is C15H25Br2NO2. The lowest BCUT2D eigenvalue weighted by molar-refractivity contribution is 0.0173. The van der Waals surface area contributed by atoms with Gasteiger partial charge in [-0.2, -0.15) is 0 Å². The Balaban J connectivity index is 2.41. The first kappa shape index (κ1) is 18.0. The zero-order chi connectivity index (χ0) is 15.3. The number of rotatable bonds is 3. The van der Waals surface area contributed by atoms with Crippen molar-refractivity contribution in [3.8, 4) is 0 Å². The fraction of sp³-hybridized carbons (Fsp3) is 0.800. The van der Waals surface area contributed by atoms with Gasteiger partial charge >= 0.3 is 6.09 Å². The lowest BCUT2D eigenvalue weighted by Gasteiger charge is -2.35. The summed E-state index contributed by atoms with van der Waals surface area (Å²) in [5.41, 5.74) is -0.421. The number of amides is 1. The summed E-state index contributed by atoms with van der Waals surface area (Å²) in [6, 6.07) is 0.317. The molecule has 116 valence electrons. The van der Waals surface area contributed by atoms with E-state index in [-0.39, 0.29) is 6.09 Å². The molecule has 0 aromatic heterocycles. The highest BCUT2D eigenvalue weighted by atomic mass is 79.9. The largest absolute Gasteiger partial charge is 0.444 e. The molecule has 0 aliphatic heterocycles. The van der Waals surface area contributed by atoms with E-state index < -0.39 is 5.60 Å². The fourth-order valence-electron chi connectivity index (χ4n) is 2.51. The molecule has 0 aromatic carbocycles. The van der Waals surface area contributed by atoms with Crippen LogP contribution in [0.15, 0.2) is 9.47 Å². The van der Waals surface area contributed by atoms with Crippen LogP contribution in [-0.4, -0.2) is 29.7 Å². The summed E-state index contributed by atoms with van der Waals surface area (Å²) in [6.45, 7) is 5.71. The minimum Gasteiger partial charge on any atom is -0.444 e. The van der Waals surface area contributed by atoms with E-state index in [1.807, 2.05) is 27.8 Å². The molecule has 1 saturated carbocycles. The van der Waals surface area contributed by atoms with Crippen molar-refractivity contribution in [3.05, 3.63) is 9.47 Å². The number of carbonyl (C=O) groups is 1. The molecule has 0 heterocycles. The highest BCUT2D eigenvalue weighted by Gasteiger charge is 2.28. The van der Waals surface area contributed by atoms with Crippen molar-refractivity contribution in [1.82, 2.24) is 4.90 Å². The van der Waals surface area contributed by atoms with Crippen molar-refractivity contribution < 1.29 is 9.53 Å². The lowest BCUT2D eigenvalue weighted by atomic mass is 9.84. The average molecular weight is 411 g/mol. The number of ether oxygens (including phenoxy) is 1. The first-order valence-electron chi connectivity index (χ1n) is 7.16. The smallest absolute Gasteiger partial charge is 0.410 e. The summed E-state index contributed by atoms with van der Waals surface area (Å²) in [7, 11) is 1.86. The number of hydrogen-bond donors (Lipinski definition) is 0. The summed E-state index contributed by atoms with van der Waals surface area (Å²) in [5.74, 6) is 0.725. The van der Waals surface area contributed by atoms with E-state index in [1.165, 1.54) is 12.8 Å². The van der Waals surface area contributed by atoms with Gasteiger partial charge in [-0.15, -0.1) is 0 Å². The van der Waals surface area contributed by atoms with Crippen LogP contribution in [0.5, 0.6) is 0 Å². The monoisotopic (exact) mass is 409 g/mol. The molecule has 0 spiro atoms. The van der Waals surface area contributed by atoms with Crippen LogP contribution in [0.2, 0.25) is 0 Å².